The van der Waals surface area contributed by atoms with Crippen molar-refractivity contribution >= 4 is 33.6 Å². The van der Waals surface area contributed by atoms with Crippen molar-refractivity contribution in [3.05, 3.63) is 58.1 Å². The van der Waals surface area contributed by atoms with Gasteiger partial charge >= 0.3 is 0 Å². The topological polar surface area (TPSA) is 71.3 Å². The number of amides is 1. The van der Waals surface area contributed by atoms with Crippen molar-refractivity contribution < 1.29 is 14.3 Å². The molecular formula is C23H25BrN2O3. The third kappa shape index (κ3) is 7.28. The van der Waals surface area contributed by atoms with Gasteiger partial charge in [0.25, 0.3) is 5.91 Å². The van der Waals surface area contributed by atoms with Crippen LogP contribution in [0.1, 0.15) is 38.2 Å². The largest absolute Gasteiger partial charge is 0.493 e. The molecule has 152 valence electrons. The van der Waals surface area contributed by atoms with Gasteiger partial charge in [-0.1, -0.05) is 48.2 Å². The quantitative estimate of drug-likeness (QED) is 0.271. The van der Waals surface area contributed by atoms with Crippen LogP contribution in [0.15, 0.2) is 52.5 Å². The first-order valence-corrected chi connectivity index (χ1v) is 10.4. The van der Waals surface area contributed by atoms with Gasteiger partial charge in [-0.15, -0.1) is 0 Å². The molecule has 5 nitrogen and oxygen atoms in total. The van der Waals surface area contributed by atoms with E-state index in [0.29, 0.717) is 29.4 Å². The number of carbonyl (C=O) groups excluding carboxylic acids is 1. The van der Waals surface area contributed by atoms with E-state index in [1.807, 2.05) is 18.2 Å². The molecule has 0 radical (unpaired) electrons. The Bertz CT molecular complexity index is 886. The zero-order valence-corrected chi connectivity index (χ0v) is 18.3. The predicted octanol–water partition coefficient (Wildman–Crippen LogP) is 5.96. The Morgan fingerprint density at radius 3 is 2.55 bits per heavy atom. The summed E-state index contributed by atoms with van der Waals surface area (Å²) in [5.41, 5.74) is 1.30. The summed E-state index contributed by atoms with van der Waals surface area (Å²) in [6, 6.07) is 14.5. The summed E-state index contributed by atoms with van der Waals surface area (Å²) in [4.78, 5) is 12.4. The summed E-state index contributed by atoms with van der Waals surface area (Å²) in [5.74, 6) is 0.754. The summed E-state index contributed by atoms with van der Waals surface area (Å²) < 4.78 is 12.1. The molecule has 0 fully saturated rings. The molecule has 2 aromatic rings. The number of benzene rings is 2. The molecule has 6 heteroatoms. The summed E-state index contributed by atoms with van der Waals surface area (Å²) in [6.45, 7) is 2.80. The average Bonchev–Trinajstić information content (AvgIpc) is 2.73. The number of carbonyl (C=O) groups is 1. The van der Waals surface area contributed by atoms with Crippen LogP contribution in [-0.4, -0.2) is 19.6 Å². The Hall–Kier alpha value is -2.78. The molecule has 0 aliphatic rings. The Labute approximate surface area is 180 Å². The molecule has 0 atom stereocenters. The second-order valence-corrected chi connectivity index (χ2v) is 7.37. The normalized spacial score (nSPS) is 10.9. The SMILES string of the molecule is CCCCCCOc1ccc(/C=C(\C#N)C(=O)Nc2ccc(Br)cc2)cc1OC. The third-order valence-corrected chi connectivity index (χ3v) is 4.75. The summed E-state index contributed by atoms with van der Waals surface area (Å²) >= 11 is 3.35. The fourth-order valence-electron chi connectivity index (χ4n) is 2.65. The van der Waals surface area contributed by atoms with E-state index in [0.717, 1.165) is 17.3 Å². The van der Waals surface area contributed by atoms with Crippen molar-refractivity contribution in [3.63, 3.8) is 0 Å². The van der Waals surface area contributed by atoms with Crippen molar-refractivity contribution in [2.45, 2.75) is 32.6 Å². The number of nitrogens with one attached hydrogen (secondary N) is 1. The summed E-state index contributed by atoms with van der Waals surface area (Å²) in [6.07, 6.45) is 6.04. The van der Waals surface area contributed by atoms with E-state index in [2.05, 4.69) is 28.2 Å². The first-order valence-electron chi connectivity index (χ1n) is 9.57. The molecule has 0 spiro atoms. The molecular weight excluding hydrogens is 432 g/mol. The lowest BCUT2D eigenvalue weighted by molar-refractivity contribution is -0.112. The van der Waals surface area contributed by atoms with E-state index in [4.69, 9.17) is 9.47 Å². The van der Waals surface area contributed by atoms with E-state index in [-0.39, 0.29) is 5.57 Å². The van der Waals surface area contributed by atoms with E-state index in [1.54, 1.807) is 37.4 Å². The van der Waals surface area contributed by atoms with Gasteiger partial charge < -0.3 is 14.8 Å². The van der Waals surface area contributed by atoms with E-state index >= 15 is 0 Å². The summed E-state index contributed by atoms with van der Waals surface area (Å²) in [5, 5.41) is 12.1. The highest BCUT2D eigenvalue weighted by Crippen LogP contribution is 2.29. The Kier molecular flexibility index (Phi) is 9.26. The molecule has 0 saturated heterocycles. The van der Waals surface area contributed by atoms with Crippen LogP contribution < -0.4 is 14.8 Å². The van der Waals surface area contributed by atoms with Crippen LogP contribution >= 0.6 is 15.9 Å². The van der Waals surface area contributed by atoms with Crippen LogP contribution in [0.5, 0.6) is 11.5 Å². The predicted molar refractivity (Wildman–Crippen MR) is 119 cm³/mol. The van der Waals surface area contributed by atoms with Crippen LogP contribution in [0, 0.1) is 11.3 Å². The van der Waals surface area contributed by atoms with E-state index in [9.17, 15) is 10.1 Å². The van der Waals surface area contributed by atoms with Gasteiger partial charge in [-0.25, -0.2) is 0 Å². The fraction of sp³-hybridized carbons (Fsp3) is 0.304. The van der Waals surface area contributed by atoms with Crippen molar-refractivity contribution in [3.8, 4) is 17.6 Å². The minimum absolute atomic E-state index is 0.00297. The van der Waals surface area contributed by atoms with Gasteiger partial charge in [0.1, 0.15) is 11.6 Å². The number of halogens is 1. The van der Waals surface area contributed by atoms with E-state index < -0.39 is 5.91 Å². The number of hydrogen-bond donors (Lipinski definition) is 1. The zero-order chi connectivity index (χ0) is 21.1. The Morgan fingerprint density at radius 2 is 1.90 bits per heavy atom. The molecule has 0 heterocycles. The molecule has 0 saturated carbocycles. The maximum Gasteiger partial charge on any atom is 0.266 e. The fourth-order valence-corrected chi connectivity index (χ4v) is 2.92. The van der Waals surface area contributed by atoms with Crippen molar-refractivity contribution in [1.82, 2.24) is 0 Å². The average molecular weight is 457 g/mol. The number of ether oxygens (including phenoxy) is 2. The lowest BCUT2D eigenvalue weighted by atomic mass is 10.1. The number of unbranched alkanes of at least 4 members (excludes halogenated alkanes) is 3. The monoisotopic (exact) mass is 456 g/mol. The maximum atomic E-state index is 12.4. The minimum atomic E-state index is -0.468. The lowest BCUT2D eigenvalue weighted by Crippen LogP contribution is -2.13. The first kappa shape index (κ1) is 22.5. The van der Waals surface area contributed by atoms with E-state index in [1.165, 1.54) is 18.9 Å². The number of anilines is 1. The summed E-state index contributed by atoms with van der Waals surface area (Å²) in [7, 11) is 1.57. The number of rotatable bonds is 10. The van der Waals surface area contributed by atoms with Crippen LogP contribution in [-0.2, 0) is 4.79 Å². The maximum absolute atomic E-state index is 12.4. The van der Waals surface area contributed by atoms with Gasteiger partial charge in [-0.3, -0.25) is 4.79 Å². The van der Waals surface area contributed by atoms with Gasteiger partial charge in [0, 0.05) is 10.2 Å². The number of hydrogen-bond acceptors (Lipinski definition) is 4. The highest BCUT2D eigenvalue weighted by Gasteiger charge is 2.11. The lowest BCUT2D eigenvalue weighted by Gasteiger charge is -2.11. The smallest absolute Gasteiger partial charge is 0.266 e. The van der Waals surface area contributed by atoms with Gasteiger partial charge in [-0.2, -0.15) is 5.26 Å². The Morgan fingerprint density at radius 1 is 1.14 bits per heavy atom. The highest BCUT2D eigenvalue weighted by molar-refractivity contribution is 9.10. The molecule has 1 amide bonds. The van der Waals surface area contributed by atoms with Crippen LogP contribution in [0.4, 0.5) is 5.69 Å². The number of nitriles is 1. The van der Waals surface area contributed by atoms with Crippen LogP contribution in [0.25, 0.3) is 6.08 Å². The highest BCUT2D eigenvalue weighted by atomic mass is 79.9. The second kappa shape index (κ2) is 11.9. The Balaban J connectivity index is 2.08. The van der Waals surface area contributed by atoms with Crippen LogP contribution in [0.3, 0.4) is 0 Å². The zero-order valence-electron chi connectivity index (χ0n) is 16.7. The molecule has 1 N–H and O–H groups in total. The van der Waals surface area contributed by atoms with Gasteiger partial charge in [-0.05, 0) is 54.5 Å². The van der Waals surface area contributed by atoms with Gasteiger partial charge in [0.05, 0.1) is 13.7 Å². The number of methoxy groups -OCH3 is 1. The van der Waals surface area contributed by atoms with Crippen molar-refractivity contribution in [2.75, 3.05) is 19.0 Å². The number of nitrogens with zero attached hydrogens (tertiary/aromatic N) is 1. The second-order valence-electron chi connectivity index (χ2n) is 6.45. The minimum Gasteiger partial charge on any atom is -0.493 e. The molecule has 0 unspecified atom stereocenters. The van der Waals surface area contributed by atoms with Crippen LogP contribution in [0.2, 0.25) is 0 Å². The van der Waals surface area contributed by atoms with Crippen molar-refractivity contribution in [1.29, 1.82) is 5.26 Å². The molecule has 0 aliphatic heterocycles. The van der Waals surface area contributed by atoms with Gasteiger partial charge in [0.15, 0.2) is 11.5 Å². The van der Waals surface area contributed by atoms with Crippen molar-refractivity contribution in [2.24, 2.45) is 0 Å². The molecule has 0 aromatic heterocycles. The van der Waals surface area contributed by atoms with Gasteiger partial charge in [0.2, 0.25) is 0 Å². The molecule has 2 rings (SSSR count). The molecule has 2 aromatic carbocycles. The molecule has 0 aliphatic carbocycles. The molecule has 0 bridgehead atoms. The standard InChI is InChI=1S/C23H25BrN2O3/c1-3-4-5-6-13-29-21-12-7-17(15-22(21)28-2)14-18(16-25)23(27)26-20-10-8-19(24)9-11-20/h7-12,14-15H,3-6,13H2,1-2H3,(H,26,27)/b18-14+. The first-order chi connectivity index (χ1) is 14.1. The molecule has 29 heavy (non-hydrogen) atoms. The third-order valence-electron chi connectivity index (χ3n) is 4.22.